The third-order valence-electron chi connectivity index (χ3n) is 15.7. The molecule has 0 aromatic carbocycles. The van der Waals surface area contributed by atoms with Crippen molar-refractivity contribution in [2.75, 3.05) is 13.2 Å². The number of hydrogen-bond donors (Lipinski definition) is 3. The molecule has 0 bridgehead atoms. The number of hydrogen-bond acceptors (Lipinski definition) is 5. The first-order chi connectivity index (χ1) is 36.5. The molecule has 0 radical (unpaired) electrons. The number of unbranched alkanes of at least 4 members (excludes halogenated alkanes) is 48. The van der Waals surface area contributed by atoms with Crippen molar-refractivity contribution < 1.29 is 24.5 Å². The van der Waals surface area contributed by atoms with Crippen molar-refractivity contribution in [2.45, 2.75) is 386 Å². The molecule has 0 spiro atoms. The molecule has 0 aromatic heterocycles. The molecule has 0 aliphatic carbocycles. The zero-order chi connectivity index (χ0) is 53.6. The predicted molar refractivity (Wildman–Crippen MR) is 324 cm³/mol. The normalized spacial score (nSPS) is 12.6. The standard InChI is InChI=1S/C68H131NO5/c1-3-5-7-9-11-13-15-17-18-19-31-34-38-42-46-50-54-58-62-68(73)74-63-59-55-51-47-43-39-35-32-29-27-25-23-21-20-22-24-26-28-30-33-37-41-45-49-53-57-61-67(72)69-65(64-70)66(71)60-56-52-48-44-40-36-16-14-12-10-8-6-4-2/h18-20,22,65-66,70-71H,3-17,21,23-64H2,1-2H3,(H,69,72)/b19-18-,22-20-. The Kier molecular flexibility index (Phi) is 62.4. The van der Waals surface area contributed by atoms with Crippen molar-refractivity contribution in [1.29, 1.82) is 0 Å². The van der Waals surface area contributed by atoms with Gasteiger partial charge in [0.15, 0.2) is 0 Å². The van der Waals surface area contributed by atoms with Gasteiger partial charge in [-0.2, -0.15) is 0 Å². The Balaban J connectivity index is 3.36. The number of amides is 1. The zero-order valence-corrected chi connectivity index (χ0v) is 50.1. The van der Waals surface area contributed by atoms with Crippen LogP contribution in [-0.2, 0) is 14.3 Å². The summed E-state index contributed by atoms with van der Waals surface area (Å²) in [5, 5.41) is 23.3. The lowest BCUT2D eigenvalue weighted by Crippen LogP contribution is -2.45. The van der Waals surface area contributed by atoms with Crippen LogP contribution in [0.1, 0.15) is 373 Å². The van der Waals surface area contributed by atoms with Crippen LogP contribution in [0.5, 0.6) is 0 Å². The monoisotopic (exact) mass is 1040 g/mol. The molecule has 0 aliphatic heterocycles. The summed E-state index contributed by atoms with van der Waals surface area (Å²) < 4.78 is 5.50. The second-order valence-electron chi connectivity index (χ2n) is 23.1. The molecule has 0 aromatic rings. The topological polar surface area (TPSA) is 95.9 Å². The Labute approximate surface area is 462 Å². The van der Waals surface area contributed by atoms with Gasteiger partial charge in [-0.05, 0) is 77.0 Å². The fourth-order valence-corrected chi connectivity index (χ4v) is 10.6. The van der Waals surface area contributed by atoms with Gasteiger partial charge in [0.1, 0.15) is 0 Å². The predicted octanol–water partition coefficient (Wildman–Crippen LogP) is 21.4. The van der Waals surface area contributed by atoms with E-state index in [0.29, 0.717) is 25.9 Å². The van der Waals surface area contributed by atoms with E-state index in [-0.39, 0.29) is 18.5 Å². The highest BCUT2D eigenvalue weighted by Gasteiger charge is 2.20. The lowest BCUT2D eigenvalue weighted by Gasteiger charge is -2.22. The highest BCUT2D eigenvalue weighted by atomic mass is 16.5. The molecule has 2 unspecified atom stereocenters. The van der Waals surface area contributed by atoms with E-state index in [1.807, 2.05) is 0 Å². The fraction of sp³-hybridized carbons (Fsp3) is 0.912. The van der Waals surface area contributed by atoms with Crippen LogP contribution in [-0.4, -0.2) is 47.4 Å². The highest BCUT2D eigenvalue weighted by molar-refractivity contribution is 5.76. The lowest BCUT2D eigenvalue weighted by atomic mass is 10.0. The van der Waals surface area contributed by atoms with Gasteiger partial charge >= 0.3 is 5.97 Å². The average molecular weight is 1040 g/mol. The third kappa shape index (κ3) is 59.6. The number of carbonyl (C=O) groups excluding carboxylic acids is 2. The maximum Gasteiger partial charge on any atom is 0.305 e. The van der Waals surface area contributed by atoms with E-state index in [4.69, 9.17) is 4.74 Å². The van der Waals surface area contributed by atoms with Gasteiger partial charge in [-0.15, -0.1) is 0 Å². The van der Waals surface area contributed by atoms with Gasteiger partial charge in [-0.25, -0.2) is 0 Å². The van der Waals surface area contributed by atoms with Gasteiger partial charge in [0.25, 0.3) is 0 Å². The summed E-state index contributed by atoms with van der Waals surface area (Å²) in [6.45, 7) is 4.97. The van der Waals surface area contributed by atoms with E-state index in [2.05, 4.69) is 43.5 Å². The van der Waals surface area contributed by atoms with Gasteiger partial charge in [0.05, 0.1) is 25.4 Å². The van der Waals surface area contributed by atoms with Crippen LogP contribution in [0.25, 0.3) is 0 Å². The SMILES string of the molecule is CCCCCCCCC/C=C\CCCCCCCCCC(=O)OCCCCCCCCCCCCCC/C=C\CCCCCCCCCCCCC(=O)NC(CO)C(O)CCCCCCCCCCCCCCC. The molecule has 438 valence electrons. The number of allylic oxidation sites excluding steroid dienone is 4. The molecule has 0 saturated heterocycles. The maximum atomic E-state index is 12.5. The van der Waals surface area contributed by atoms with Crippen LogP contribution in [0.15, 0.2) is 24.3 Å². The van der Waals surface area contributed by atoms with Gasteiger partial charge in [0.2, 0.25) is 5.91 Å². The minimum atomic E-state index is -0.664. The minimum absolute atomic E-state index is 0.0120. The van der Waals surface area contributed by atoms with Crippen LogP contribution in [0.2, 0.25) is 0 Å². The van der Waals surface area contributed by atoms with E-state index in [1.54, 1.807) is 0 Å². The Morgan fingerprint density at radius 2 is 0.635 bits per heavy atom. The third-order valence-corrected chi connectivity index (χ3v) is 15.7. The van der Waals surface area contributed by atoms with Gasteiger partial charge in [-0.3, -0.25) is 9.59 Å². The lowest BCUT2D eigenvalue weighted by molar-refractivity contribution is -0.143. The van der Waals surface area contributed by atoms with Crippen LogP contribution in [0.4, 0.5) is 0 Å². The first-order valence-electron chi connectivity index (χ1n) is 33.6. The molecule has 2 atom stereocenters. The van der Waals surface area contributed by atoms with Crippen molar-refractivity contribution in [3.8, 4) is 0 Å². The first kappa shape index (κ1) is 72.3. The van der Waals surface area contributed by atoms with E-state index in [1.165, 1.54) is 295 Å². The average Bonchev–Trinajstić information content (AvgIpc) is 3.40. The molecule has 3 N–H and O–H groups in total. The van der Waals surface area contributed by atoms with Crippen LogP contribution >= 0.6 is 0 Å². The number of carbonyl (C=O) groups is 2. The van der Waals surface area contributed by atoms with Crippen LogP contribution in [0.3, 0.4) is 0 Å². The van der Waals surface area contributed by atoms with Gasteiger partial charge in [0, 0.05) is 12.8 Å². The number of ether oxygens (including phenoxy) is 1. The van der Waals surface area contributed by atoms with Crippen molar-refractivity contribution in [1.82, 2.24) is 5.32 Å². The smallest absolute Gasteiger partial charge is 0.305 e. The number of rotatable bonds is 63. The summed E-state index contributed by atoms with van der Waals surface area (Å²) in [4.78, 5) is 24.6. The molecule has 0 fully saturated rings. The number of aliphatic hydroxyl groups excluding tert-OH is 2. The van der Waals surface area contributed by atoms with Crippen LogP contribution < -0.4 is 5.32 Å². The molecule has 6 heteroatoms. The number of esters is 1. The summed E-state index contributed by atoms with van der Waals surface area (Å²) in [6, 6.07) is -0.542. The Bertz CT molecular complexity index is 1150. The van der Waals surface area contributed by atoms with E-state index in [0.717, 1.165) is 44.9 Å². The van der Waals surface area contributed by atoms with E-state index >= 15 is 0 Å². The van der Waals surface area contributed by atoms with Crippen molar-refractivity contribution in [3.05, 3.63) is 24.3 Å². The molecule has 6 nitrogen and oxygen atoms in total. The minimum Gasteiger partial charge on any atom is -0.466 e. The van der Waals surface area contributed by atoms with E-state index in [9.17, 15) is 19.8 Å². The Morgan fingerprint density at radius 1 is 0.365 bits per heavy atom. The zero-order valence-electron chi connectivity index (χ0n) is 50.1. The molecular formula is C68H131NO5. The molecule has 74 heavy (non-hydrogen) atoms. The number of aliphatic hydroxyl groups is 2. The fourth-order valence-electron chi connectivity index (χ4n) is 10.6. The summed E-state index contributed by atoms with van der Waals surface area (Å²) in [6.07, 6.45) is 79.3. The molecule has 1 amide bonds. The van der Waals surface area contributed by atoms with Crippen molar-refractivity contribution >= 4 is 11.9 Å². The van der Waals surface area contributed by atoms with Crippen molar-refractivity contribution in [3.63, 3.8) is 0 Å². The largest absolute Gasteiger partial charge is 0.466 e. The Hall–Kier alpha value is -1.66. The summed E-state index contributed by atoms with van der Waals surface area (Å²) in [5.74, 6) is -0.0233. The molecule has 0 heterocycles. The first-order valence-corrected chi connectivity index (χ1v) is 33.6. The van der Waals surface area contributed by atoms with Gasteiger partial charge < -0.3 is 20.3 Å². The summed E-state index contributed by atoms with van der Waals surface area (Å²) >= 11 is 0. The Morgan fingerprint density at radius 3 is 0.959 bits per heavy atom. The quantitative estimate of drug-likeness (QED) is 0.0320. The highest BCUT2D eigenvalue weighted by Crippen LogP contribution is 2.18. The van der Waals surface area contributed by atoms with E-state index < -0.39 is 12.1 Å². The maximum absolute atomic E-state index is 12.5. The second kappa shape index (κ2) is 63.9. The molecule has 0 rings (SSSR count). The second-order valence-corrected chi connectivity index (χ2v) is 23.1. The molecule has 0 aliphatic rings. The number of nitrogens with one attached hydrogen (secondary N) is 1. The molecular weight excluding hydrogens is 911 g/mol. The molecule has 0 saturated carbocycles. The van der Waals surface area contributed by atoms with Crippen LogP contribution in [0, 0.1) is 0 Å². The summed E-state index contributed by atoms with van der Waals surface area (Å²) in [7, 11) is 0. The van der Waals surface area contributed by atoms with Gasteiger partial charge in [-0.1, -0.05) is 308 Å². The van der Waals surface area contributed by atoms with Crippen molar-refractivity contribution in [2.24, 2.45) is 0 Å². The summed E-state index contributed by atoms with van der Waals surface area (Å²) in [5.41, 5.74) is 0.